The molecule has 4 aromatic rings. The third-order valence-electron chi connectivity index (χ3n) is 5.84. The van der Waals surface area contributed by atoms with Crippen LogP contribution in [0.25, 0.3) is 22.7 Å². The van der Waals surface area contributed by atoms with Gasteiger partial charge in [0.2, 0.25) is 0 Å². The number of hydrogen-bond acceptors (Lipinski definition) is 6. The van der Waals surface area contributed by atoms with Gasteiger partial charge in [-0.2, -0.15) is 5.10 Å². The number of rotatable bonds is 7. The SMILES string of the molecule is CC/C=C(/OC)c1cccc(-c2cc(Nc3cccc(N4CCCC4)n3)c3nccn3n2)c1. The van der Waals surface area contributed by atoms with E-state index in [-0.39, 0.29) is 0 Å². The number of allylic oxidation sites excluding steroid dienone is 1. The van der Waals surface area contributed by atoms with Crippen molar-refractivity contribution in [1.29, 1.82) is 0 Å². The van der Waals surface area contributed by atoms with Gasteiger partial charge in [-0.05, 0) is 49.6 Å². The molecule has 0 atom stereocenters. The van der Waals surface area contributed by atoms with Gasteiger partial charge < -0.3 is 15.0 Å². The predicted molar refractivity (Wildman–Crippen MR) is 133 cm³/mol. The molecule has 1 N–H and O–H groups in total. The molecule has 33 heavy (non-hydrogen) atoms. The molecule has 0 bridgehead atoms. The lowest BCUT2D eigenvalue weighted by atomic mass is 10.1. The Bertz CT molecular complexity index is 1290. The number of ether oxygens (including phenoxy) is 1. The number of nitrogens with one attached hydrogen (secondary N) is 1. The van der Waals surface area contributed by atoms with E-state index in [0.717, 1.165) is 65.1 Å². The summed E-state index contributed by atoms with van der Waals surface area (Å²) in [6, 6.07) is 16.4. The van der Waals surface area contributed by atoms with Gasteiger partial charge in [0, 0.05) is 36.6 Å². The molecule has 1 aliphatic rings. The zero-order chi connectivity index (χ0) is 22.6. The molecule has 0 saturated carbocycles. The van der Waals surface area contributed by atoms with Crippen LogP contribution in [0.4, 0.5) is 17.3 Å². The molecule has 1 aliphatic heterocycles. The van der Waals surface area contributed by atoms with E-state index in [1.807, 2.05) is 30.5 Å². The van der Waals surface area contributed by atoms with Crippen molar-refractivity contribution in [3.63, 3.8) is 0 Å². The molecule has 1 fully saturated rings. The van der Waals surface area contributed by atoms with Crippen molar-refractivity contribution in [2.24, 2.45) is 0 Å². The lowest BCUT2D eigenvalue weighted by molar-refractivity contribution is 0.369. The van der Waals surface area contributed by atoms with Crippen molar-refractivity contribution in [3.8, 4) is 11.3 Å². The second-order valence-electron chi connectivity index (χ2n) is 8.10. The van der Waals surface area contributed by atoms with Crippen LogP contribution in [-0.2, 0) is 4.74 Å². The van der Waals surface area contributed by atoms with Gasteiger partial charge in [-0.25, -0.2) is 14.5 Å². The second-order valence-corrected chi connectivity index (χ2v) is 8.10. The van der Waals surface area contributed by atoms with Crippen molar-refractivity contribution >= 4 is 28.7 Å². The first-order chi connectivity index (χ1) is 16.2. The number of nitrogens with zero attached hydrogens (tertiary/aromatic N) is 5. The van der Waals surface area contributed by atoms with Crippen LogP contribution in [-0.4, -0.2) is 39.8 Å². The Morgan fingerprint density at radius 2 is 1.97 bits per heavy atom. The molecule has 5 rings (SSSR count). The van der Waals surface area contributed by atoms with Gasteiger partial charge in [-0.15, -0.1) is 0 Å². The summed E-state index contributed by atoms with van der Waals surface area (Å²) >= 11 is 0. The highest BCUT2D eigenvalue weighted by Crippen LogP contribution is 2.29. The number of aromatic nitrogens is 4. The number of methoxy groups -OCH3 is 1. The van der Waals surface area contributed by atoms with Gasteiger partial charge in [0.1, 0.15) is 17.4 Å². The monoisotopic (exact) mass is 440 g/mol. The zero-order valence-corrected chi connectivity index (χ0v) is 19.0. The lowest BCUT2D eigenvalue weighted by Gasteiger charge is -2.17. The molecular formula is C26H28N6O. The normalized spacial score (nSPS) is 14.1. The largest absolute Gasteiger partial charge is 0.496 e. The number of hydrogen-bond donors (Lipinski definition) is 1. The van der Waals surface area contributed by atoms with Crippen LogP contribution in [0, 0.1) is 0 Å². The molecule has 168 valence electrons. The molecule has 4 heterocycles. The minimum atomic E-state index is 0.756. The second kappa shape index (κ2) is 9.32. The van der Waals surface area contributed by atoms with Gasteiger partial charge in [0.15, 0.2) is 5.65 Å². The molecule has 0 aliphatic carbocycles. The summed E-state index contributed by atoms with van der Waals surface area (Å²) in [7, 11) is 1.70. The summed E-state index contributed by atoms with van der Waals surface area (Å²) in [5.74, 6) is 2.67. The van der Waals surface area contributed by atoms with E-state index in [1.165, 1.54) is 12.8 Å². The average molecular weight is 441 g/mol. The molecule has 0 spiro atoms. The third-order valence-corrected chi connectivity index (χ3v) is 5.84. The van der Waals surface area contributed by atoms with E-state index in [9.17, 15) is 0 Å². The Balaban J connectivity index is 1.51. The summed E-state index contributed by atoms with van der Waals surface area (Å²) in [4.78, 5) is 11.7. The first-order valence-electron chi connectivity index (χ1n) is 11.4. The fraction of sp³-hybridized carbons (Fsp3) is 0.269. The molecule has 0 unspecified atom stereocenters. The smallest absolute Gasteiger partial charge is 0.177 e. The van der Waals surface area contributed by atoms with Crippen LogP contribution in [0.15, 0.2) is 67.0 Å². The van der Waals surface area contributed by atoms with Gasteiger partial charge >= 0.3 is 0 Å². The first-order valence-corrected chi connectivity index (χ1v) is 11.4. The van der Waals surface area contributed by atoms with E-state index in [1.54, 1.807) is 17.8 Å². The highest BCUT2D eigenvalue weighted by atomic mass is 16.5. The van der Waals surface area contributed by atoms with E-state index in [4.69, 9.17) is 14.8 Å². The van der Waals surface area contributed by atoms with Gasteiger partial charge in [0.25, 0.3) is 0 Å². The Kier molecular flexibility index (Phi) is 5.93. The van der Waals surface area contributed by atoms with Crippen molar-refractivity contribution in [2.75, 3.05) is 30.4 Å². The van der Waals surface area contributed by atoms with Gasteiger partial charge in [-0.1, -0.05) is 31.2 Å². The number of pyridine rings is 1. The van der Waals surface area contributed by atoms with E-state index < -0.39 is 0 Å². The van der Waals surface area contributed by atoms with E-state index >= 15 is 0 Å². The van der Waals surface area contributed by atoms with Crippen LogP contribution in [0.3, 0.4) is 0 Å². The van der Waals surface area contributed by atoms with E-state index in [0.29, 0.717) is 0 Å². The fourth-order valence-electron chi connectivity index (χ4n) is 4.24. The fourth-order valence-corrected chi connectivity index (χ4v) is 4.24. The minimum absolute atomic E-state index is 0.756. The highest BCUT2D eigenvalue weighted by molar-refractivity contribution is 5.78. The first kappa shape index (κ1) is 21.0. The van der Waals surface area contributed by atoms with Crippen molar-refractivity contribution in [2.45, 2.75) is 26.2 Å². The summed E-state index contributed by atoms with van der Waals surface area (Å²) in [5, 5.41) is 8.26. The van der Waals surface area contributed by atoms with Crippen molar-refractivity contribution < 1.29 is 4.74 Å². The molecule has 0 amide bonds. The van der Waals surface area contributed by atoms with Crippen LogP contribution in [0.5, 0.6) is 0 Å². The van der Waals surface area contributed by atoms with Crippen molar-refractivity contribution in [3.05, 3.63) is 72.6 Å². The number of anilines is 3. The van der Waals surface area contributed by atoms with Gasteiger partial charge in [0.05, 0.1) is 18.5 Å². The van der Waals surface area contributed by atoms with Crippen LogP contribution < -0.4 is 10.2 Å². The zero-order valence-electron chi connectivity index (χ0n) is 19.0. The molecule has 7 heteroatoms. The number of fused-ring (bicyclic) bond motifs is 1. The summed E-state index contributed by atoms with van der Waals surface area (Å²) in [5.41, 5.74) is 4.49. The molecule has 1 saturated heterocycles. The Morgan fingerprint density at radius 1 is 1.12 bits per heavy atom. The maximum absolute atomic E-state index is 5.58. The van der Waals surface area contributed by atoms with E-state index in [2.05, 4.69) is 52.5 Å². The number of imidazole rings is 1. The predicted octanol–water partition coefficient (Wildman–Crippen LogP) is 5.53. The summed E-state index contributed by atoms with van der Waals surface area (Å²) in [6.45, 7) is 4.22. The quantitative estimate of drug-likeness (QED) is 0.381. The lowest BCUT2D eigenvalue weighted by Crippen LogP contribution is -2.19. The maximum atomic E-state index is 5.58. The Labute approximate surface area is 193 Å². The Morgan fingerprint density at radius 3 is 2.79 bits per heavy atom. The minimum Gasteiger partial charge on any atom is -0.496 e. The third kappa shape index (κ3) is 4.39. The van der Waals surface area contributed by atoms with Crippen LogP contribution in [0.2, 0.25) is 0 Å². The summed E-state index contributed by atoms with van der Waals surface area (Å²) in [6.07, 6.45) is 9.05. The topological polar surface area (TPSA) is 67.6 Å². The number of benzene rings is 1. The molecule has 0 radical (unpaired) electrons. The molecule has 7 nitrogen and oxygen atoms in total. The van der Waals surface area contributed by atoms with Gasteiger partial charge in [-0.3, -0.25) is 0 Å². The molecule has 3 aromatic heterocycles. The van der Waals surface area contributed by atoms with Crippen LogP contribution >= 0.6 is 0 Å². The van der Waals surface area contributed by atoms with Crippen LogP contribution in [0.1, 0.15) is 31.7 Å². The molecular weight excluding hydrogens is 412 g/mol. The van der Waals surface area contributed by atoms with Crippen molar-refractivity contribution in [1.82, 2.24) is 19.6 Å². The molecule has 1 aromatic carbocycles. The Hall–Kier alpha value is -3.87. The highest BCUT2D eigenvalue weighted by Gasteiger charge is 2.15. The summed E-state index contributed by atoms with van der Waals surface area (Å²) < 4.78 is 7.38. The standard InChI is InChI=1S/C26H28N6O/c1-3-8-23(33-2)20-10-6-9-19(17-20)21-18-22(26-27-13-16-32(26)30-21)28-24-11-7-12-25(29-24)31-14-4-5-15-31/h6-13,16-18H,3-5,14-15H2,1-2H3,(H,28,29)/b23-8+. The maximum Gasteiger partial charge on any atom is 0.177 e. The average Bonchev–Trinajstić information content (AvgIpc) is 3.55.